The van der Waals surface area contributed by atoms with E-state index in [1.54, 1.807) is 31.2 Å². The molecule has 1 atom stereocenters. The summed E-state index contributed by atoms with van der Waals surface area (Å²) in [7, 11) is -3.42. The molecule has 0 bridgehead atoms. The van der Waals surface area contributed by atoms with E-state index in [1.165, 1.54) is 0 Å². The van der Waals surface area contributed by atoms with Crippen LogP contribution in [0, 0.1) is 5.92 Å². The number of hydrogen-bond acceptors (Lipinski definition) is 5. The van der Waals surface area contributed by atoms with Crippen LogP contribution in [0.2, 0.25) is 0 Å². The molecular formula is C15H16F3N3O3S. The number of halogens is 3. The van der Waals surface area contributed by atoms with Gasteiger partial charge in [0.1, 0.15) is 0 Å². The zero-order valence-electron chi connectivity index (χ0n) is 13.5. The molecule has 0 aliphatic heterocycles. The average Bonchev–Trinajstić information content (AvgIpc) is 3.22. The minimum atomic E-state index is -4.70. The van der Waals surface area contributed by atoms with Crippen LogP contribution in [0.5, 0.6) is 0 Å². The van der Waals surface area contributed by atoms with Gasteiger partial charge in [0.05, 0.1) is 11.8 Å². The van der Waals surface area contributed by atoms with Crippen LogP contribution in [0.25, 0.3) is 11.4 Å². The molecule has 1 aromatic carbocycles. The molecule has 136 valence electrons. The van der Waals surface area contributed by atoms with Crippen molar-refractivity contribution in [1.82, 2.24) is 14.9 Å². The van der Waals surface area contributed by atoms with Gasteiger partial charge in [0.25, 0.3) is 0 Å². The summed E-state index contributed by atoms with van der Waals surface area (Å²) in [6, 6.07) is 6.42. The minimum Gasteiger partial charge on any atom is -0.329 e. The minimum absolute atomic E-state index is 0.176. The highest BCUT2D eigenvalue weighted by Gasteiger charge is 2.44. The summed E-state index contributed by atoms with van der Waals surface area (Å²) >= 11 is 0. The molecule has 1 aliphatic carbocycles. The highest BCUT2D eigenvalue weighted by atomic mass is 32.2. The fraction of sp³-hybridized carbons (Fsp3) is 0.467. The number of alkyl halides is 3. The van der Waals surface area contributed by atoms with Gasteiger partial charge in [0.15, 0.2) is 0 Å². The van der Waals surface area contributed by atoms with Crippen LogP contribution in [-0.2, 0) is 21.7 Å². The third-order valence-electron chi connectivity index (χ3n) is 4.20. The van der Waals surface area contributed by atoms with Crippen molar-refractivity contribution in [2.75, 3.05) is 6.26 Å². The summed E-state index contributed by atoms with van der Waals surface area (Å²) in [4.78, 5) is 3.34. The molecule has 1 aromatic heterocycles. The standard InChI is InChI=1S/C15H16F3N3O3S/c1-14(11-7-8-11,21-25(2,22)23)10-5-3-9(4-6-10)12-19-13(24-20-12)15(16,17)18/h3-6,11,21H,7-8H2,1-2H3. The molecule has 2 aromatic rings. The van der Waals surface area contributed by atoms with E-state index in [0.29, 0.717) is 5.56 Å². The monoisotopic (exact) mass is 375 g/mol. The van der Waals surface area contributed by atoms with Gasteiger partial charge in [-0.1, -0.05) is 29.4 Å². The molecule has 1 heterocycles. The van der Waals surface area contributed by atoms with Crippen LogP contribution in [0.3, 0.4) is 0 Å². The lowest BCUT2D eigenvalue weighted by molar-refractivity contribution is -0.159. The zero-order valence-corrected chi connectivity index (χ0v) is 14.3. The van der Waals surface area contributed by atoms with E-state index >= 15 is 0 Å². The maximum atomic E-state index is 12.5. The Hall–Kier alpha value is -1.94. The molecule has 25 heavy (non-hydrogen) atoms. The lowest BCUT2D eigenvalue weighted by Crippen LogP contribution is -2.44. The molecule has 3 rings (SSSR count). The molecule has 1 fully saturated rings. The van der Waals surface area contributed by atoms with Gasteiger partial charge in [-0.25, -0.2) is 13.1 Å². The van der Waals surface area contributed by atoms with Crippen LogP contribution in [0.15, 0.2) is 28.8 Å². The summed E-state index contributed by atoms with van der Waals surface area (Å²) in [5.41, 5.74) is 0.310. The summed E-state index contributed by atoms with van der Waals surface area (Å²) in [6.07, 6.45) is -1.80. The lowest BCUT2D eigenvalue weighted by atomic mass is 9.87. The maximum absolute atomic E-state index is 12.5. The summed E-state index contributed by atoms with van der Waals surface area (Å²) in [5.74, 6) is -1.41. The number of hydrogen-bond donors (Lipinski definition) is 1. The van der Waals surface area contributed by atoms with Gasteiger partial charge >= 0.3 is 12.1 Å². The van der Waals surface area contributed by atoms with Gasteiger partial charge < -0.3 is 4.52 Å². The predicted molar refractivity (Wildman–Crippen MR) is 82.8 cm³/mol. The molecule has 1 N–H and O–H groups in total. The quantitative estimate of drug-likeness (QED) is 0.869. The summed E-state index contributed by atoms with van der Waals surface area (Å²) < 4.78 is 67.8. The van der Waals surface area contributed by atoms with E-state index in [4.69, 9.17) is 0 Å². The second-order valence-corrected chi connectivity index (χ2v) is 8.10. The van der Waals surface area contributed by atoms with Crippen molar-refractivity contribution in [2.45, 2.75) is 31.5 Å². The highest BCUT2D eigenvalue weighted by Crippen LogP contribution is 2.46. The molecule has 0 spiro atoms. The molecule has 1 unspecified atom stereocenters. The van der Waals surface area contributed by atoms with Crippen molar-refractivity contribution in [1.29, 1.82) is 0 Å². The molecule has 0 saturated heterocycles. The first-order valence-corrected chi connectivity index (χ1v) is 9.39. The van der Waals surface area contributed by atoms with Gasteiger partial charge in [0, 0.05) is 5.56 Å². The van der Waals surface area contributed by atoms with Gasteiger partial charge in [-0.3, -0.25) is 0 Å². The van der Waals surface area contributed by atoms with E-state index in [-0.39, 0.29) is 11.7 Å². The highest BCUT2D eigenvalue weighted by molar-refractivity contribution is 7.88. The number of rotatable bonds is 5. The lowest BCUT2D eigenvalue weighted by Gasteiger charge is -2.30. The second-order valence-electron chi connectivity index (χ2n) is 6.35. The second kappa shape index (κ2) is 5.80. The van der Waals surface area contributed by atoms with Crippen LogP contribution >= 0.6 is 0 Å². The van der Waals surface area contributed by atoms with Crippen molar-refractivity contribution >= 4 is 10.0 Å². The topological polar surface area (TPSA) is 85.1 Å². The first-order valence-electron chi connectivity index (χ1n) is 7.50. The first-order chi connectivity index (χ1) is 11.5. The van der Waals surface area contributed by atoms with Crippen molar-refractivity contribution in [3.8, 4) is 11.4 Å². The van der Waals surface area contributed by atoms with Crippen molar-refractivity contribution in [3.05, 3.63) is 35.7 Å². The van der Waals surface area contributed by atoms with E-state index < -0.39 is 27.6 Å². The predicted octanol–water partition coefficient (Wildman–Crippen LogP) is 2.93. The zero-order chi connectivity index (χ0) is 18.5. The first kappa shape index (κ1) is 17.9. The average molecular weight is 375 g/mol. The Morgan fingerprint density at radius 1 is 1.20 bits per heavy atom. The smallest absolute Gasteiger partial charge is 0.329 e. The normalized spacial score (nSPS) is 18.1. The number of nitrogens with one attached hydrogen (secondary N) is 1. The van der Waals surface area contributed by atoms with Crippen LogP contribution < -0.4 is 4.72 Å². The molecule has 10 heteroatoms. The molecule has 1 saturated carbocycles. The van der Waals surface area contributed by atoms with Gasteiger partial charge in [-0.2, -0.15) is 18.2 Å². The Kier molecular flexibility index (Phi) is 4.15. The Morgan fingerprint density at radius 2 is 1.80 bits per heavy atom. The Morgan fingerprint density at radius 3 is 2.24 bits per heavy atom. The van der Waals surface area contributed by atoms with Crippen molar-refractivity contribution in [2.24, 2.45) is 5.92 Å². The van der Waals surface area contributed by atoms with Crippen molar-refractivity contribution < 1.29 is 26.1 Å². The van der Waals surface area contributed by atoms with Crippen molar-refractivity contribution in [3.63, 3.8) is 0 Å². The van der Waals surface area contributed by atoms with Crippen LogP contribution in [-0.4, -0.2) is 24.8 Å². The molecule has 1 aliphatic rings. The fourth-order valence-corrected chi connectivity index (χ4v) is 3.90. The van der Waals surface area contributed by atoms with Crippen LogP contribution in [0.4, 0.5) is 13.2 Å². The Labute approximate surface area is 142 Å². The van der Waals surface area contributed by atoms with E-state index in [2.05, 4.69) is 19.4 Å². The van der Waals surface area contributed by atoms with E-state index in [1.807, 2.05) is 0 Å². The number of nitrogens with zero attached hydrogens (tertiary/aromatic N) is 2. The van der Waals surface area contributed by atoms with E-state index in [0.717, 1.165) is 24.7 Å². The van der Waals surface area contributed by atoms with E-state index in [9.17, 15) is 21.6 Å². The number of sulfonamides is 1. The van der Waals surface area contributed by atoms with Gasteiger partial charge in [0.2, 0.25) is 15.8 Å². The van der Waals surface area contributed by atoms with Gasteiger partial charge in [-0.15, -0.1) is 0 Å². The molecular weight excluding hydrogens is 359 g/mol. The summed E-state index contributed by atoms with van der Waals surface area (Å²) in [6.45, 7) is 1.80. The maximum Gasteiger partial charge on any atom is 0.471 e. The van der Waals surface area contributed by atoms with Crippen LogP contribution in [0.1, 0.15) is 31.2 Å². The number of benzene rings is 1. The molecule has 0 radical (unpaired) electrons. The summed E-state index contributed by atoms with van der Waals surface area (Å²) in [5, 5.41) is 3.33. The molecule has 6 nitrogen and oxygen atoms in total. The fourth-order valence-electron chi connectivity index (χ4n) is 2.85. The third kappa shape index (κ3) is 3.84. The third-order valence-corrected chi connectivity index (χ3v) is 5.00. The Balaban J connectivity index is 1.90. The Bertz CT molecular complexity index is 873. The number of aromatic nitrogens is 2. The molecule has 0 amide bonds. The largest absolute Gasteiger partial charge is 0.471 e. The van der Waals surface area contributed by atoms with Gasteiger partial charge in [-0.05, 0) is 31.2 Å². The SMILES string of the molecule is CC(NS(C)(=O)=O)(c1ccc(-c2noc(C(F)(F)F)n2)cc1)C1CC1.